The molecule has 0 spiro atoms. The van der Waals surface area contributed by atoms with Crippen molar-refractivity contribution in [2.75, 3.05) is 17.6 Å². The van der Waals surface area contributed by atoms with E-state index >= 15 is 0 Å². The Morgan fingerprint density at radius 2 is 2.15 bits per heavy atom. The van der Waals surface area contributed by atoms with Crippen LogP contribution in [0.1, 0.15) is 10.7 Å². The Morgan fingerprint density at radius 1 is 1.40 bits per heavy atom. The molecule has 0 unspecified atom stereocenters. The van der Waals surface area contributed by atoms with Crippen LogP contribution in [0.3, 0.4) is 0 Å². The molecule has 8 heteroatoms. The summed E-state index contributed by atoms with van der Waals surface area (Å²) in [7, 11) is -3.72. The second kappa shape index (κ2) is 5.78. The Labute approximate surface area is 121 Å². The third-order valence-corrected chi connectivity index (χ3v) is 4.45. The molecular weight excluding hydrogens is 296 g/mol. The minimum absolute atomic E-state index is 0.0405. The summed E-state index contributed by atoms with van der Waals surface area (Å²) in [6.45, 7) is 2.57. The molecule has 0 radical (unpaired) electrons. The molecule has 0 aliphatic heterocycles. The lowest BCUT2D eigenvalue weighted by Crippen LogP contribution is -2.13. The van der Waals surface area contributed by atoms with Crippen LogP contribution in [0.2, 0.25) is 0 Å². The number of nitrogen functional groups attached to an aromatic ring is 1. The monoisotopic (exact) mass is 312 g/mol. The quantitative estimate of drug-likeness (QED) is 0.721. The molecule has 108 valence electrons. The first-order valence-electron chi connectivity index (χ1n) is 5.93. The van der Waals surface area contributed by atoms with Crippen LogP contribution in [0.4, 0.5) is 11.4 Å². The van der Waals surface area contributed by atoms with Gasteiger partial charge in [0.15, 0.2) is 0 Å². The lowest BCUT2D eigenvalue weighted by atomic mass is 10.2. The van der Waals surface area contributed by atoms with Crippen LogP contribution < -0.4 is 16.2 Å². The molecule has 0 fully saturated rings. The number of hydrogen-bond donors (Lipinski definition) is 3. The molecule has 20 heavy (non-hydrogen) atoms. The van der Waals surface area contributed by atoms with Crippen LogP contribution in [0.25, 0.3) is 0 Å². The van der Waals surface area contributed by atoms with Gasteiger partial charge < -0.3 is 11.1 Å². The zero-order valence-electron chi connectivity index (χ0n) is 11.0. The molecule has 5 N–H and O–H groups in total. The predicted molar refractivity (Wildman–Crippen MR) is 81.3 cm³/mol. The Morgan fingerprint density at radius 3 is 2.75 bits per heavy atom. The summed E-state index contributed by atoms with van der Waals surface area (Å²) in [5.41, 5.74) is 7.84. The molecular formula is C12H16N4O2S2. The molecule has 6 nitrogen and oxygen atoms in total. The Balaban J connectivity index is 2.05. The molecule has 2 aromatic rings. The maximum Gasteiger partial charge on any atom is 0.238 e. The van der Waals surface area contributed by atoms with Crippen molar-refractivity contribution < 1.29 is 8.42 Å². The second-order valence-electron chi connectivity index (χ2n) is 4.33. The molecule has 0 atom stereocenters. The normalized spacial score (nSPS) is 11.5. The van der Waals surface area contributed by atoms with E-state index in [4.69, 9.17) is 10.9 Å². The summed E-state index contributed by atoms with van der Waals surface area (Å²) in [6.07, 6.45) is 0.739. The minimum Gasteiger partial charge on any atom is -0.397 e. The number of hydrogen-bond acceptors (Lipinski definition) is 6. The van der Waals surface area contributed by atoms with Crippen molar-refractivity contribution in [3.05, 3.63) is 34.3 Å². The molecule has 2 rings (SSSR count). The van der Waals surface area contributed by atoms with E-state index in [1.165, 1.54) is 18.2 Å². The number of benzene rings is 1. The summed E-state index contributed by atoms with van der Waals surface area (Å²) in [5.74, 6) is 0. The van der Waals surface area contributed by atoms with Crippen LogP contribution in [-0.4, -0.2) is 19.9 Å². The Kier molecular flexibility index (Phi) is 4.26. The average molecular weight is 312 g/mol. The van der Waals surface area contributed by atoms with Crippen molar-refractivity contribution >= 4 is 32.7 Å². The second-order valence-corrected chi connectivity index (χ2v) is 6.95. The van der Waals surface area contributed by atoms with Crippen molar-refractivity contribution in [1.29, 1.82) is 0 Å². The maximum absolute atomic E-state index is 11.3. The minimum atomic E-state index is -3.72. The van der Waals surface area contributed by atoms with Crippen LogP contribution in [0, 0.1) is 6.92 Å². The first kappa shape index (κ1) is 14.8. The van der Waals surface area contributed by atoms with Gasteiger partial charge in [0.1, 0.15) is 0 Å². The summed E-state index contributed by atoms with van der Waals surface area (Å²) < 4.78 is 22.6. The van der Waals surface area contributed by atoms with E-state index in [9.17, 15) is 8.42 Å². The number of nitrogens with zero attached hydrogens (tertiary/aromatic N) is 1. The van der Waals surface area contributed by atoms with Gasteiger partial charge in [-0.05, 0) is 25.1 Å². The smallest absolute Gasteiger partial charge is 0.238 e. The fourth-order valence-corrected chi connectivity index (χ4v) is 2.90. The van der Waals surface area contributed by atoms with E-state index in [0.717, 1.165) is 17.1 Å². The number of aryl methyl sites for hydroxylation is 1. The molecule has 1 heterocycles. The highest BCUT2D eigenvalue weighted by Crippen LogP contribution is 2.22. The SMILES string of the molecule is Cc1nc(CCNc2cc(S(N)(=O)=O)ccc2N)cs1. The van der Waals surface area contributed by atoms with E-state index in [1.54, 1.807) is 11.3 Å². The highest BCUT2D eigenvalue weighted by atomic mass is 32.2. The van der Waals surface area contributed by atoms with Crippen LogP contribution >= 0.6 is 11.3 Å². The van der Waals surface area contributed by atoms with Crippen LogP contribution in [0.5, 0.6) is 0 Å². The molecule has 1 aromatic carbocycles. The predicted octanol–water partition coefficient (Wildman–Crippen LogP) is 1.34. The maximum atomic E-state index is 11.3. The number of thiazole rings is 1. The number of rotatable bonds is 5. The third-order valence-electron chi connectivity index (χ3n) is 2.72. The summed E-state index contributed by atoms with van der Waals surface area (Å²) >= 11 is 1.60. The van der Waals surface area contributed by atoms with Crippen molar-refractivity contribution in [2.24, 2.45) is 5.14 Å². The zero-order valence-corrected chi connectivity index (χ0v) is 12.6. The van der Waals surface area contributed by atoms with Gasteiger partial charge in [0, 0.05) is 18.3 Å². The molecule has 0 saturated heterocycles. The van der Waals surface area contributed by atoms with Gasteiger partial charge in [0.05, 0.1) is 27.0 Å². The van der Waals surface area contributed by atoms with Crippen molar-refractivity contribution in [3.63, 3.8) is 0 Å². The zero-order chi connectivity index (χ0) is 14.8. The van der Waals surface area contributed by atoms with Crippen molar-refractivity contribution in [3.8, 4) is 0 Å². The van der Waals surface area contributed by atoms with Gasteiger partial charge in [-0.3, -0.25) is 0 Å². The topological polar surface area (TPSA) is 111 Å². The molecule has 0 saturated carbocycles. The average Bonchev–Trinajstić information content (AvgIpc) is 2.76. The van der Waals surface area contributed by atoms with Crippen LogP contribution in [0.15, 0.2) is 28.5 Å². The number of primary sulfonamides is 1. The van der Waals surface area contributed by atoms with Crippen molar-refractivity contribution in [1.82, 2.24) is 4.98 Å². The number of nitrogens with one attached hydrogen (secondary N) is 1. The summed E-state index contributed by atoms with van der Waals surface area (Å²) in [4.78, 5) is 4.39. The largest absolute Gasteiger partial charge is 0.397 e. The number of aromatic nitrogens is 1. The highest BCUT2D eigenvalue weighted by molar-refractivity contribution is 7.89. The van der Waals surface area contributed by atoms with Crippen molar-refractivity contribution in [2.45, 2.75) is 18.2 Å². The fraction of sp³-hybridized carbons (Fsp3) is 0.250. The van der Waals surface area contributed by atoms with Gasteiger partial charge in [-0.2, -0.15) is 0 Å². The molecule has 0 bridgehead atoms. The Hall–Kier alpha value is -1.64. The van der Waals surface area contributed by atoms with Gasteiger partial charge in [0.2, 0.25) is 10.0 Å². The first-order valence-corrected chi connectivity index (χ1v) is 8.36. The number of anilines is 2. The van der Waals surface area contributed by atoms with Gasteiger partial charge in [0.25, 0.3) is 0 Å². The summed E-state index contributed by atoms with van der Waals surface area (Å²) in [6, 6.07) is 4.35. The van der Waals surface area contributed by atoms with Gasteiger partial charge in [-0.1, -0.05) is 0 Å². The van der Waals surface area contributed by atoms with E-state index in [1.807, 2.05) is 12.3 Å². The van der Waals surface area contributed by atoms with Crippen LogP contribution in [-0.2, 0) is 16.4 Å². The molecule has 1 aromatic heterocycles. The molecule has 0 aliphatic rings. The standard InChI is InChI=1S/C12H16N4O2S2/c1-8-16-9(7-19-8)4-5-15-12-6-10(20(14,17)18)2-3-11(12)13/h2-3,6-7,15H,4-5,13H2,1H3,(H2,14,17,18). The Bertz CT molecular complexity index is 710. The van der Waals surface area contributed by atoms with Gasteiger partial charge >= 0.3 is 0 Å². The summed E-state index contributed by atoms with van der Waals surface area (Å²) in [5, 5.41) is 11.2. The first-order chi connectivity index (χ1) is 9.36. The highest BCUT2D eigenvalue weighted by Gasteiger charge is 2.10. The van der Waals surface area contributed by atoms with Gasteiger partial charge in [-0.25, -0.2) is 18.5 Å². The lowest BCUT2D eigenvalue weighted by molar-refractivity contribution is 0.598. The third kappa shape index (κ3) is 3.69. The number of nitrogens with two attached hydrogens (primary N) is 2. The van der Waals surface area contributed by atoms with E-state index in [-0.39, 0.29) is 4.90 Å². The van der Waals surface area contributed by atoms with E-state index < -0.39 is 10.0 Å². The molecule has 0 amide bonds. The van der Waals surface area contributed by atoms with E-state index in [0.29, 0.717) is 17.9 Å². The molecule has 0 aliphatic carbocycles. The fourth-order valence-electron chi connectivity index (χ4n) is 1.71. The van der Waals surface area contributed by atoms with E-state index in [2.05, 4.69) is 10.3 Å². The van der Waals surface area contributed by atoms with Gasteiger partial charge in [-0.15, -0.1) is 11.3 Å². The lowest BCUT2D eigenvalue weighted by Gasteiger charge is -2.10. The number of sulfonamides is 1.